The average molecular weight is 409 g/mol. The third-order valence-electron chi connectivity index (χ3n) is 6.68. The molecule has 2 fully saturated rings. The van der Waals surface area contributed by atoms with Crippen LogP contribution in [0.4, 0.5) is 4.39 Å². The number of nitrogens with zero attached hydrogens (tertiary/aromatic N) is 2. The molecule has 0 spiro atoms. The minimum absolute atomic E-state index is 0.0410. The highest BCUT2D eigenvalue weighted by molar-refractivity contribution is 5.93. The fraction of sp³-hybridized carbons (Fsp3) is 0.440. The van der Waals surface area contributed by atoms with Gasteiger partial charge in [0.1, 0.15) is 11.4 Å². The van der Waals surface area contributed by atoms with Crippen molar-refractivity contribution >= 4 is 11.8 Å². The van der Waals surface area contributed by atoms with Crippen LogP contribution in [0.2, 0.25) is 0 Å². The van der Waals surface area contributed by atoms with E-state index >= 15 is 0 Å². The zero-order valence-corrected chi connectivity index (χ0v) is 17.7. The monoisotopic (exact) mass is 408 g/mol. The first-order valence-corrected chi connectivity index (χ1v) is 10.8. The van der Waals surface area contributed by atoms with Gasteiger partial charge in [0.2, 0.25) is 11.8 Å². The highest BCUT2D eigenvalue weighted by atomic mass is 19.1. The molecule has 2 aromatic carbocycles. The van der Waals surface area contributed by atoms with Crippen LogP contribution in [0.15, 0.2) is 48.5 Å². The average Bonchev–Trinajstić information content (AvgIpc) is 3.11. The summed E-state index contributed by atoms with van der Waals surface area (Å²) in [4.78, 5) is 30.2. The maximum atomic E-state index is 14.6. The molecule has 0 radical (unpaired) electrons. The van der Waals surface area contributed by atoms with Gasteiger partial charge >= 0.3 is 0 Å². The topological polar surface area (TPSA) is 40.6 Å². The number of carbonyl (C=O) groups excluding carboxylic acids is 2. The number of hydrogen-bond donors (Lipinski definition) is 0. The lowest BCUT2D eigenvalue weighted by Gasteiger charge is -2.42. The number of halogens is 1. The maximum Gasteiger partial charge on any atom is 0.248 e. The Bertz CT molecular complexity index is 954. The van der Waals surface area contributed by atoms with E-state index in [-0.39, 0.29) is 23.5 Å². The number of rotatable bonds is 5. The number of likely N-dealkylation sites (tertiary alicyclic amines) is 1. The molecule has 5 heteroatoms. The van der Waals surface area contributed by atoms with E-state index in [4.69, 9.17) is 0 Å². The van der Waals surface area contributed by atoms with Gasteiger partial charge < -0.3 is 9.80 Å². The third-order valence-corrected chi connectivity index (χ3v) is 6.68. The molecule has 1 aliphatic heterocycles. The first kappa shape index (κ1) is 20.6. The minimum atomic E-state index is -0.905. The van der Waals surface area contributed by atoms with Gasteiger partial charge in [-0.3, -0.25) is 9.59 Å². The van der Waals surface area contributed by atoms with Crippen molar-refractivity contribution in [3.8, 4) is 11.1 Å². The van der Waals surface area contributed by atoms with Crippen LogP contribution in [0.3, 0.4) is 0 Å². The summed E-state index contributed by atoms with van der Waals surface area (Å²) in [5.74, 6) is -0.181. The molecule has 0 aromatic heterocycles. The van der Waals surface area contributed by atoms with Crippen LogP contribution >= 0.6 is 0 Å². The van der Waals surface area contributed by atoms with E-state index < -0.39 is 5.54 Å². The van der Waals surface area contributed by atoms with E-state index in [1.807, 2.05) is 35.2 Å². The molecule has 0 bridgehead atoms. The maximum absolute atomic E-state index is 14.6. The summed E-state index contributed by atoms with van der Waals surface area (Å²) >= 11 is 0. The van der Waals surface area contributed by atoms with E-state index in [1.165, 1.54) is 6.07 Å². The van der Waals surface area contributed by atoms with Crippen molar-refractivity contribution in [3.05, 3.63) is 59.9 Å². The molecule has 4 nitrogen and oxygen atoms in total. The highest BCUT2D eigenvalue weighted by Gasteiger charge is 2.52. The Labute approximate surface area is 177 Å². The molecule has 158 valence electrons. The Balaban J connectivity index is 1.77. The second-order valence-electron chi connectivity index (χ2n) is 8.77. The predicted molar refractivity (Wildman–Crippen MR) is 115 cm³/mol. The molecule has 1 aliphatic carbocycles. The minimum Gasteiger partial charge on any atom is -0.347 e. The molecule has 2 aromatic rings. The summed E-state index contributed by atoms with van der Waals surface area (Å²) in [5, 5.41) is 0. The Morgan fingerprint density at radius 1 is 1.03 bits per heavy atom. The van der Waals surface area contributed by atoms with Gasteiger partial charge in [-0.2, -0.15) is 0 Å². The first-order valence-electron chi connectivity index (χ1n) is 10.8. The number of hydrogen-bond acceptors (Lipinski definition) is 2. The van der Waals surface area contributed by atoms with Crippen LogP contribution in [0.1, 0.15) is 37.7 Å². The summed E-state index contributed by atoms with van der Waals surface area (Å²) in [6, 6.07) is 14.4. The molecule has 1 heterocycles. The van der Waals surface area contributed by atoms with Crippen LogP contribution in [0, 0.1) is 11.7 Å². The van der Waals surface area contributed by atoms with Gasteiger partial charge in [-0.15, -0.1) is 0 Å². The summed E-state index contributed by atoms with van der Waals surface area (Å²) in [6.07, 6.45) is 4.73. The number of carbonyl (C=O) groups is 2. The Kier molecular flexibility index (Phi) is 5.63. The molecule has 0 N–H and O–H groups in total. The van der Waals surface area contributed by atoms with Crippen LogP contribution in [0.25, 0.3) is 11.1 Å². The summed E-state index contributed by atoms with van der Waals surface area (Å²) in [7, 11) is 3.49. The van der Waals surface area contributed by atoms with Crippen molar-refractivity contribution in [2.45, 2.75) is 44.1 Å². The fourth-order valence-electron chi connectivity index (χ4n) is 4.91. The molecular weight excluding hydrogens is 379 g/mol. The summed E-state index contributed by atoms with van der Waals surface area (Å²) in [5.41, 5.74) is 1.29. The van der Waals surface area contributed by atoms with E-state index in [0.29, 0.717) is 24.9 Å². The lowest BCUT2D eigenvalue weighted by atomic mass is 9.80. The van der Waals surface area contributed by atoms with Crippen LogP contribution in [-0.4, -0.2) is 47.8 Å². The van der Waals surface area contributed by atoms with Crippen molar-refractivity contribution < 1.29 is 14.0 Å². The van der Waals surface area contributed by atoms with Gasteiger partial charge in [-0.1, -0.05) is 48.9 Å². The smallest absolute Gasteiger partial charge is 0.248 e. The number of likely N-dealkylation sites (N-methyl/N-ethyl adjacent to an activating group) is 1. The van der Waals surface area contributed by atoms with Gasteiger partial charge in [0, 0.05) is 38.5 Å². The van der Waals surface area contributed by atoms with Gasteiger partial charge in [0.15, 0.2) is 0 Å². The van der Waals surface area contributed by atoms with E-state index in [1.54, 1.807) is 31.1 Å². The summed E-state index contributed by atoms with van der Waals surface area (Å²) in [6.45, 7) is 0.608. The number of benzene rings is 2. The second kappa shape index (κ2) is 8.21. The van der Waals surface area contributed by atoms with E-state index in [0.717, 1.165) is 36.8 Å². The van der Waals surface area contributed by atoms with Crippen LogP contribution in [0.5, 0.6) is 0 Å². The normalized spacial score (nSPS) is 21.4. The van der Waals surface area contributed by atoms with Crippen LogP contribution < -0.4 is 0 Å². The predicted octanol–water partition coefficient (Wildman–Crippen LogP) is 4.28. The quantitative estimate of drug-likeness (QED) is 0.741. The Hall–Kier alpha value is -2.69. The first-order chi connectivity index (χ1) is 14.4. The van der Waals surface area contributed by atoms with Crippen molar-refractivity contribution in [3.63, 3.8) is 0 Å². The third kappa shape index (κ3) is 3.51. The largest absolute Gasteiger partial charge is 0.347 e. The Morgan fingerprint density at radius 2 is 1.70 bits per heavy atom. The lowest BCUT2D eigenvalue weighted by molar-refractivity contribution is -0.153. The molecule has 4 rings (SSSR count). The van der Waals surface area contributed by atoms with Crippen LogP contribution in [-0.2, 0) is 16.0 Å². The molecule has 2 aliphatic rings. The lowest BCUT2D eigenvalue weighted by Crippen LogP contribution is -2.60. The van der Waals surface area contributed by atoms with Gasteiger partial charge in [-0.25, -0.2) is 4.39 Å². The second-order valence-corrected chi connectivity index (χ2v) is 8.77. The van der Waals surface area contributed by atoms with Crippen molar-refractivity contribution in [2.24, 2.45) is 5.92 Å². The molecule has 1 unspecified atom stereocenters. The molecule has 2 amide bonds. The number of amides is 2. The van der Waals surface area contributed by atoms with E-state index in [9.17, 15) is 14.0 Å². The molecule has 1 saturated heterocycles. The van der Waals surface area contributed by atoms with Gasteiger partial charge in [0.05, 0.1) is 0 Å². The van der Waals surface area contributed by atoms with Gasteiger partial charge in [-0.05, 0) is 42.9 Å². The fourth-order valence-corrected chi connectivity index (χ4v) is 4.91. The highest BCUT2D eigenvalue weighted by Crippen LogP contribution is 2.40. The van der Waals surface area contributed by atoms with Crippen molar-refractivity contribution in [1.29, 1.82) is 0 Å². The van der Waals surface area contributed by atoms with Crippen molar-refractivity contribution in [2.75, 3.05) is 20.6 Å². The molecular formula is C25H29FN2O2. The van der Waals surface area contributed by atoms with E-state index in [2.05, 4.69) is 0 Å². The molecule has 30 heavy (non-hydrogen) atoms. The standard InChI is InChI=1S/C25H29FN2O2/c1-27(2)24(30)25(15-8-16-28(25)23(29)18-10-7-11-18)17-19-9-3-4-12-20(19)21-13-5-6-14-22(21)26/h3-6,9,12-14,18H,7-8,10-11,15-17H2,1-2H3. The van der Waals surface area contributed by atoms with Crippen molar-refractivity contribution in [1.82, 2.24) is 9.80 Å². The van der Waals surface area contributed by atoms with Gasteiger partial charge in [0.25, 0.3) is 0 Å². The zero-order valence-electron chi connectivity index (χ0n) is 17.7. The molecule has 1 saturated carbocycles. The zero-order chi connectivity index (χ0) is 21.3. The molecule has 1 atom stereocenters. The SMILES string of the molecule is CN(C)C(=O)C1(Cc2ccccc2-c2ccccc2F)CCCN1C(=O)C1CCC1. The summed E-state index contributed by atoms with van der Waals surface area (Å²) < 4.78 is 14.6. The Morgan fingerprint density at radius 3 is 2.33 bits per heavy atom.